The van der Waals surface area contributed by atoms with Gasteiger partial charge in [0.15, 0.2) is 6.10 Å². The molecule has 26 heavy (non-hydrogen) atoms. The highest BCUT2D eigenvalue weighted by molar-refractivity contribution is 7.98. The molecule has 0 fully saturated rings. The Morgan fingerprint density at radius 2 is 1.73 bits per heavy atom. The van der Waals surface area contributed by atoms with Crippen molar-refractivity contribution in [1.29, 1.82) is 0 Å². The van der Waals surface area contributed by atoms with E-state index in [0.29, 0.717) is 5.02 Å². The van der Waals surface area contributed by atoms with Crippen molar-refractivity contribution in [3.05, 3.63) is 57.6 Å². The van der Waals surface area contributed by atoms with Crippen LogP contribution in [0.4, 0.5) is 5.69 Å². The smallest absolute Gasteiger partial charge is 0.340 e. The van der Waals surface area contributed by atoms with Gasteiger partial charge in [-0.3, -0.25) is 4.79 Å². The zero-order chi connectivity index (χ0) is 19.4. The first kappa shape index (κ1) is 20.3. The summed E-state index contributed by atoms with van der Waals surface area (Å²) >= 11 is 7.58. The molecule has 138 valence electrons. The lowest BCUT2D eigenvalue weighted by Crippen LogP contribution is -2.30. The van der Waals surface area contributed by atoms with E-state index in [4.69, 9.17) is 16.3 Å². The van der Waals surface area contributed by atoms with Crippen LogP contribution in [-0.4, -0.2) is 24.2 Å². The molecule has 2 aromatic carbocycles. The predicted molar refractivity (Wildman–Crippen MR) is 107 cm³/mol. The molecule has 6 heteroatoms. The molecule has 0 aliphatic rings. The third-order valence-electron chi connectivity index (χ3n) is 3.97. The first-order valence-electron chi connectivity index (χ1n) is 8.16. The topological polar surface area (TPSA) is 55.4 Å². The molecule has 1 amide bonds. The third-order valence-corrected chi connectivity index (χ3v) is 5.03. The predicted octanol–water partition coefficient (Wildman–Crippen LogP) is 5.17. The van der Waals surface area contributed by atoms with Crippen LogP contribution >= 0.6 is 23.4 Å². The van der Waals surface area contributed by atoms with Gasteiger partial charge in [0.05, 0.1) is 10.6 Å². The number of hydrogen-bond donors (Lipinski definition) is 1. The van der Waals surface area contributed by atoms with Crippen LogP contribution in [0.25, 0.3) is 0 Å². The van der Waals surface area contributed by atoms with Crippen molar-refractivity contribution in [2.75, 3.05) is 11.6 Å². The molecule has 0 bridgehead atoms. The monoisotopic (exact) mass is 391 g/mol. The largest absolute Gasteiger partial charge is 0.449 e. The van der Waals surface area contributed by atoms with Crippen LogP contribution in [0.3, 0.4) is 0 Å². The van der Waals surface area contributed by atoms with E-state index >= 15 is 0 Å². The van der Waals surface area contributed by atoms with Crippen molar-refractivity contribution in [1.82, 2.24) is 0 Å². The van der Waals surface area contributed by atoms with E-state index in [2.05, 4.69) is 5.32 Å². The van der Waals surface area contributed by atoms with Crippen LogP contribution in [0, 0.1) is 20.8 Å². The van der Waals surface area contributed by atoms with Crippen molar-refractivity contribution in [2.45, 2.75) is 38.7 Å². The van der Waals surface area contributed by atoms with Crippen LogP contribution < -0.4 is 5.32 Å². The molecule has 0 saturated heterocycles. The van der Waals surface area contributed by atoms with Gasteiger partial charge >= 0.3 is 5.97 Å². The minimum absolute atomic E-state index is 0.251. The van der Waals surface area contributed by atoms with Crippen LogP contribution in [0.2, 0.25) is 5.02 Å². The summed E-state index contributed by atoms with van der Waals surface area (Å²) in [6.45, 7) is 7.40. The van der Waals surface area contributed by atoms with Gasteiger partial charge in [0.2, 0.25) is 0 Å². The Morgan fingerprint density at radius 1 is 1.12 bits per heavy atom. The van der Waals surface area contributed by atoms with Gasteiger partial charge in [-0.15, -0.1) is 11.8 Å². The fourth-order valence-electron chi connectivity index (χ4n) is 2.67. The summed E-state index contributed by atoms with van der Waals surface area (Å²) in [7, 11) is 0. The number of anilines is 1. The number of thioether (sulfide) groups is 1. The number of amides is 1. The maximum atomic E-state index is 12.5. The summed E-state index contributed by atoms with van der Waals surface area (Å²) in [5, 5.41) is 3.14. The fourth-order valence-corrected chi connectivity index (χ4v) is 3.30. The number of esters is 1. The molecule has 0 aliphatic carbocycles. The number of rotatable bonds is 5. The molecule has 2 rings (SSSR count). The van der Waals surface area contributed by atoms with Gasteiger partial charge in [0.1, 0.15) is 0 Å². The Morgan fingerprint density at radius 3 is 2.31 bits per heavy atom. The second-order valence-electron chi connectivity index (χ2n) is 6.16. The van der Waals surface area contributed by atoms with Gasteiger partial charge < -0.3 is 10.1 Å². The van der Waals surface area contributed by atoms with Crippen molar-refractivity contribution >= 4 is 40.9 Å². The van der Waals surface area contributed by atoms with Crippen LogP contribution in [0.5, 0.6) is 0 Å². The van der Waals surface area contributed by atoms with E-state index in [0.717, 1.165) is 27.3 Å². The summed E-state index contributed by atoms with van der Waals surface area (Å²) in [6, 6.07) is 9.12. The number of carbonyl (C=O) groups is 2. The molecule has 0 saturated carbocycles. The highest BCUT2D eigenvalue weighted by atomic mass is 35.5. The maximum Gasteiger partial charge on any atom is 0.340 e. The lowest BCUT2D eigenvalue weighted by atomic mass is 10.0. The molecule has 0 aliphatic heterocycles. The van der Waals surface area contributed by atoms with Gasteiger partial charge in [0.25, 0.3) is 5.91 Å². The van der Waals surface area contributed by atoms with Crippen molar-refractivity contribution in [3.8, 4) is 0 Å². The molecule has 0 radical (unpaired) electrons. The highest BCUT2D eigenvalue weighted by Crippen LogP contribution is 2.25. The standard InChI is InChI=1S/C20H22ClNO3S/c1-11-8-12(2)18(13(3)9-11)22-19(23)14(4)25-20(24)16-10-15(26-5)6-7-17(16)21/h6-10,14H,1-5H3,(H,22,23). The zero-order valence-corrected chi connectivity index (χ0v) is 17.0. The number of nitrogens with one attached hydrogen (secondary N) is 1. The van der Waals surface area contributed by atoms with Crippen molar-refractivity contribution in [3.63, 3.8) is 0 Å². The lowest BCUT2D eigenvalue weighted by Gasteiger charge is -2.17. The molecule has 1 N–H and O–H groups in total. The Bertz CT molecular complexity index is 828. The third kappa shape index (κ3) is 4.80. The highest BCUT2D eigenvalue weighted by Gasteiger charge is 2.22. The van der Waals surface area contributed by atoms with E-state index in [1.54, 1.807) is 19.1 Å². The quantitative estimate of drug-likeness (QED) is 0.564. The van der Waals surface area contributed by atoms with E-state index in [1.165, 1.54) is 11.8 Å². The lowest BCUT2D eigenvalue weighted by molar-refractivity contribution is -0.123. The second kappa shape index (κ2) is 8.60. The molecule has 4 nitrogen and oxygen atoms in total. The van der Waals surface area contributed by atoms with Crippen molar-refractivity contribution < 1.29 is 14.3 Å². The molecule has 0 spiro atoms. The Hall–Kier alpha value is -1.98. The fraction of sp³-hybridized carbons (Fsp3) is 0.300. The number of halogens is 1. The maximum absolute atomic E-state index is 12.5. The minimum atomic E-state index is -0.948. The number of benzene rings is 2. The first-order chi connectivity index (χ1) is 12.2. The molecule has 2 aromatic rings. The van der Waals surface area contributed by atoms with E-state index in [-0.39, 0.29) is 11.5 Å². The zero-order valence-electron chi connectivity index (χ0n) is 15.5. The van der Waals surface area contributed by atoms with Gasteiger partial charge in [-0.25, -0.2) is 4.79 Å². The second-order valence-corrected chi connectivity index (χ2v) is 7.44. The van der Waals surface area contributed by atoms with E-state index < -0.39 is 12.1 Å². The van der Waals surface area contributed by atoms with Gasteiger partial charge in [0, 0.05) is 10.6 Å². The summed E-state index contributed by atoms with van der Waals surface area (Å²) < 4.78 is 5.31. The Labute approximate surface area is 163 Å². The average Bonchev–Trinajstić information content (AvgIpc) is 2.58. The number of aryl methyl sites for hydroxylation is 3. The SMILES string of the molecule is CSc1ccc(Cl)c(C(=O)OC(C)C(=O)Nc2c(C)cc(C)cc2C)c1. The van der Waals surface area contributed by atoms with Gasteiger partial charge in [-0.1, -0.05) is 29.3 Å². The minimum Gasteiger partial charge on any atom is -0.449 e. The molecule has 1 atom stereocenters. The molecular weight excluding hydrogens is 370 g/mol. The average molecular weight is 392 g/mol. The van der Waals surface area contributed by atoms with Gasteiger partial charge in [-0.05, 0) is 63.3 Å². The van der Waals surface area contributed by atoms with E-state index in [1.807, 2.05) is 45.2 Å². The summed E-state index contributed by atoms with van der Waals surface area (Å²) in [6.07, 6.45) is 0.956. The first-order valence-corrected chi connectivity index (χ1v) is 9.76. The normalized spacial score (nSPS) is 11.8. The number of hydrogen-bond acceptors (Lipinski definition) is 4. The number of carbonyl (C=O) groups excluding carboxylic acids is 2. The molecular formula is C20H22ClNO3S. The Kier molecular flexibility index (Phi) is 6.73. The summed E-state index contributed by atoms with van der Waals surface area (Å²) in [5.74, 6) is -1.00. The molecule has 0 heterocycles. The Balaban J connectivity index is 2.11. The number of ether oxygens (including phenoxy) is 1. The summed E-state index contributed by atoms with van der Waals surface area (Å²) in [4.78, 5) is 25.7. The molecule has 1 unspecified atom stereocenters. The van der Waals surface area contributed by atoms with Crippen molar-refractivity contribution in [2.24, 2.45) is 0 Å². The summed E-state index contributed by atoms with van der Waals surface area (Å²) in [5.41, 5.74) is 4.04. The van der Waals surface area contributed by atoms with Crippen LogP contribution in [0.15, 0.2) is 35.2 Å². The van der Waals surface area contributed by atoms with Crippen LogP contribution in [0.1, 0.15) is 34.0 Å². The van der Waals surface area contributed by atoms with E-state index in [9.17, 15) is 9.59 Å². The molecule has 0 aromatic heterocycles. The van der Waals surface area contributed by atoms with Crippen LogP contribution in [-0.2, 0) is 9.53 Å². The van der Waals surface area contributed by atoms with Gasteiger partial charge in [-0.2, -0.15) is 0 Å².